The first-order valence-corrected chi connectivity index (χ1v) is 8.63. The van der Waals surface area contributed by atoms with Gasteiger partial charge in [-0.3, -0.25) is 9.59 Å². The van der Waals surface area contributed by atoms with E-state index >= 15 is 0 Å². The lowest BCUT2D eigenvalue weighted by Crippen LogP contribution is -2.57. The normalized spacial score (nSPS) is 21.6. The summed E-state index contributed by atoms with van der Waals surface area (Å²) in [7, 11) is 0. The Morgan fingerprint density at radius 3 is 2.42 bits per heavy atom. The molecule has 0 saturated carbocycles. The highest BCUT2D eigenvalue weighted by atomic mass is 35.5. The van der Waals surface area contributed by atoms with Crippen molar-refractivity contribution in [2.24, 2.45) is 0 Å². The molecule has 7 heteroatoms. The molecule has 0 radical (unpaired) electrons. The molecule has 2 heterocycles. The van der Waals surface area contributed by atoms with Crippen molar-refractivity contribution in [3.63, 3.8) is 0 Å². The number of benzene rings is 1. The molecular formula is C17H22ClN3O3. The fourth-order valence-electron chi connectivity index (χ4n) is 3.01. The van der Waals surface area contributed by atoms with E-state index in [0.717, 1.165) is 5.56 Å². The van der Waals surface area contributed by atoms with Gasteiger partial charge in [0.1, 0.15) is 6.04 Å². The lowest BCUT2D eigenvalue weighted by Gasteiger charge is -2.37. The first-order valence-electron chi connectivity index (χ1n) is 8.25. The molecule has 0 aliphatic carbocycles. The second kappa shape index (κ2) is 7.96. The third-order valence-electron chi connectivity index (χ3n) is 4.43. The van der Waals surface area contributed by atoms with Crippen LogP contribution >= 0.6 is 11.6 Å². The Bertz CT molecular complexity index is 579. The number of amides is 2. The minimum absolute atomic E-state index is 0.0690. The lowest BCUT2D eigenvalue weighted by molar-refractivity contribution is -0.142. The number of carbonyl (C=O) groups excluding carboxylic acids is 2. The second-order valence-electron chi connectivity index (χ2n) is 6.09. The van der Waals surface area contributed by atoms with Gasteiger partial charge in [-0.2, -0.15) is 0 Å². The van der Waals surface area contributed by atoms with Crippen LogP contribution in [0.4, 0.5) is 0 Å². The average Bonchev–Trinajstić information content (AvgIpc) is 2.64. The van der Waals surface area contributed by atoms with Crippen LogP contribution in [0.2, 0.25) is 5.02 Å². The molecular weight excluding hydrogens is 330 g/mol. The highest BCUT2D eigenvalue weighted by Crippen LogP contribution is 2.12. The van der Waals surface area contributed by atoms with Crippen molar-refractivity contribution in [2.75, 3.05) is 45.9 Å². The number of nitrogens with zero attached hydrogens (tertiary/aromatic N) is 2. The van der Waals surface area contributed by atoms with E-state index in [1.54, 1.807) is 12.1 Å². The highest BCUT2D eigenvalue weighted by molar-refractivity contribution is 6.30. The maximum atomic E-state index is 12.4. The van der Waals surface area contributed by atoms with Crippen molar-refractivity contribution in [2.45, 2.75) is 12.5 Å². The van der Waals surface area contributed by atoms with E-state index in [-0.39, 0.29) is 17.9 Å². The van der Waals surface area contributed by atoms with Crippen molar-refractivity contribution in [3.8, 4) is 0 Å². The first kappa shape index (κ1) is 17.2. The average molecular weight is 352 g/mol. The molecule has 0 aromatic heterocycles. The Hall–Kier alpha value is -1.63. The molecule has 3 rings (SSSR count). The molecule has 1 aromatic carbocycles. The van der Waals surface area contributed by atoms with Gasteiger partial charge in [-0.05, 0) is 17.7 Å². The molecule has 1 unspecified atom stereocenters. The van der Waals surface area contributed by atoms with E-state index in [4.69, 9.17) is 16.3 Å². The molecule has 2 amide bonds. The van der Waals surface area contributed by atoms with E-state index in [1.165, 1.54) is 0 Å². The molecule has 2 saturated heterocycles. The summed E-state index contributed by atoms with van der Waals surface area (Å²) in [6.07, 6.45) is 0.364. The predicted molar refractivity (Wildman–Crippen MR) is 90.9 cm³/mol. The Morgan fingerprint density at radius 1 is 1.12 bits per heavy atom. The van der Waals surface area contributed by atoms with Crippen molar-refractivity contribution < 1.29 is 14.3 Å². The van der Waals surface area contributed by atoms with Crippen LogP contribution in [0.15, 0.2) is 24.3 Å². The summed E-state index contributed by atoms with van der Waals surface area (Å²) in [4.78, 5) is 28.4. The Labute approximate surface area is 146 Å². The van der Waals surface area contributed by atoms with Gasteiger partial charge in [-0.25, -0.2) is 0 Å². The van der Waals surface area contributed by atoms with Crippen LogP contribution in [-0.4, -0.2) is 73.6 Å². The number of morpholine rings is 1. The van der Waals surface area contributed by atoms with E-state index in [9.17, 15) is 9.59 Å². The van der Waals surface area contributed by atoms with Gasteiger partial charge in [0.2, 0.25) is 11.8 Å². The molecule has 0 bridgehead atoms. The number of hydrogen-bond acceptors (Lipinski definition) is 4. The molecule has 6 nitrogen and oxygen atoms in total. The van der Waals surface area contributed by atoms with E-state index in [0.29, 0.717) is 57.4 Å². The van der Waals surface area contributed by atoms with Gasteiger partial charge in [-0.1, -0.05) is 23.7 Å². The molecule has 24 heavy (non-hydrogen) atoms. The number of halogens is 1. The molecule has 0 spiro atoms. The fraction of sp³-hybridized carbons (Fsp3) is 0.529. The molecule has 1 N–H and O–H groups in total. The van der Waals surface area contributed by atoms with Crippen LogP contribution in [0.5, 0.6) is 0 Å². The summed E-state index contributed by atoms with van der Waals surface area (Å²) in [5, 5.41) is 3.85. The number of piperazine rings is 1. The smallest absolute Gasteiger partial charge is 0.242 e. The summed E-state index contributed by atoms with van der Waals surface area (Å²) in [6, 6.07) is 7.07. The maximum absolute atomic E-state index is 12.4. The molecule has 1 atom stereocenters. The van der Waals surface area contributed by atoms with Crippen LogP contribution in [0, 0.1) is 0 Å². The van der Waals surface area contributed by atoms with Gasteiger partial charge in [-0.15, -0.1) is 0 Å². The van der Waals surface area contributed by atoms with Crippen molar-refractivity contribution in [1.82, 2.24) is 15.1 Å². The third-order valence-corrected chi connectivity index (χ3v) is 4.68. The van der Waals surface area contributed by atoms with E-state index in [1.807, 2.05) is 21.9 Å². The number of nitrogens with one attached hydrogen (secondary N) is 1. The Balaban J connectivity index is 1.48. The summed E-state index contributed by atoms with van der Waals surface area (Å²) in [5.74, 6) is 0.156. The molecule has 2 aliphatic heterocycles. The molecule has 2 aliphatic rings. The van der Waals surface area contributed by atoms with Crippen LogP contribution in [0.1, 0.15) is 5.56 Å². The first-order chi connectivity index (χ1) is 11.6. The van der Waals surface area contributed by atoms with E-state index in [2.05, 4.69) is 5.32 Å². The zero-order chi connectivity index (χ0) is 16.9. The van der Waals surface area contributed by atoms with Crippen molar-refractivity contribution >= 4 is 23.4 Å². The monoisotopic (exact) mass is 351 g/mol. The predicted octanol–water partition coefficient (Wildman–Crippen LogP) is 0.542. The van der Waals surface area contributed by atoms with Crippen molar-refractivity contribution in [3.05, 3.63) is 34.9 Å². The topological polar surface area (TPSA) is 61.9 Å². The third kappa shape index (κ3) is 4.26. The summed E-state index contributed by atoms with van der Waals surface area (Å²) < 4.78 is 5.34. The van der Waals surface area contributed by atoms with Gasteiger partial charge in [0.25, 0.3) is 0 Å². The van der Waals surface area contributed by atoms with Crippen LogP contribution in [-0.2, 0) is 20.7 Å². The second-order valence-corrected chi connectivity index (χ2v) is 6.53. The number of ether oxygens (including phenoxy) is 1. The zero-order valence-corrected chi connectivity index (χ0v) is 14.3. The molecule has 2 fully saturated rings. The van der Waals surface area contributed by atoms with Gasteiger partial charge < -0.3 is 19.9 Å². The zero-order valence-electron chi connectivity index (χ0n) is 13.5. The number of hydrogen-bond donors (Lipinski definition) is 1. The Morgan fingerprint density at radius 2 is 1.79 bits per heavy atom. The Kier molecular flexibility index (Phi) is 5.71. The van der Waals surface area contributed by atoms with Crippen molar-refractivity contribution in [1.29, 1.82) is 0 Å². The standard InChI is InChI=1S/C17H22ClN3O3/c18-14-3-1-13(2-4-14)11-16(22)20-6-8-21(9-7-20)17(23)15-12-24-10-5-19-15/h1-4,15,19H,5-12H2. The largest absolute Gasteiger partial charge is 0.378 e. The SMILES string of the molecule is O=C(Cc1ccc(Cl)cc1)N1CCN(C(=O)C2COCCN2)CC1. The number of carbonyl (C=O) groups is 2. The molecule has 130 valence electrons. The molecule has 1 aromatic rings. The van der Waals surface area contributed by atoms with Gasteiger partial charge >= 0.3 is 0 Å². The van der Waals surface area contributed by atoms with E-state index < -0.39 is 0 Å². The summed E-state index contributed by atoms with van der Waals surface area (Å²) >= 11 is 5.86. The summed E-state index contributed by atoms with van der Waals surface area (Å²) in [6.45, 7) is 4.07. The van der Waals surface area contributed by atoms with Gasteiger partial charge in [0.15, 0.2) is 0 Å². The minimum Gasteiger partial charge on any atom is -0.378 e. The van der Waals surface area contributed by atoms with Crippen LogP contribution in [0.25, 0.3) is 0 Å². The highest BCUT2D eigenvalue weighted by Gasteiger charge is 2.29. The lowest BCUT2D eigenvalue weighted by atomic mass is 10.1. The van der Waals surface area contributed by atoms with Gasteiger partial charge in [0.05, 0.1) is 19.6 Å². The minimum atomic E-state index is -0.255. The number of rotatable bonds is 3. The van der Waals surface area contributed by atoms with Gasteiger partial charge in [0, 0.05) is 37.7 Å². The quantitative estimate of drug-likeness (QED) is 0.863. The maximum Gasteiger partial charge on any atom is 0.242 e. The van der Waals surface area contributed by atoms with Crippen LogP contribution in [0.3, 0.4) is 0 Å². The fourth-order valence-corrected chi connectivity index (χ4v) is 3.14. The summed E-state index contributed by atoms with van der Waals surface area (Å²) in [5.41, 5.74) is 0.950. The van der Waals surface area contributed by atoms with Crippen LogP contribution < -0.4 is 5.32 Å².